The average molecular weight is 246 g/mol. The van der Waals surface area contributed by atoms with Crippen molar-refractivity contribution >= 4 is 22.7 Å². The minimum absolute atomic E-state index is 0.0750. The molecule has 96 valence electrons. The first-order valence-corrected chi connectivity index (χ1v) is 5.81. The lowest BCUT2D eigenvalue weighted by molar-refractivity contribution is 0.200. The Balaban J connectivity index is 2.45. The molecule has 0 aliphatic rings. The molecule has 0 atom stereocenters. The van der Waals surface area contributed by atoms with E-state index in [1.165, 1.54) is 0 Å². The Kier molecular flexibility index (Phi) is 2.98. The van der Waals surface area contributed by atoms with Crippen LogP contribution in [0.25, 0.3) is 10.9 Å². The minimum Gasteiger partial charge on any atom is -0.492 e. The molecule has 1 aromatic carbocycles. The van der Waals surface area contributed by atoms with Crippen LogP contribution in [0.15, 0.2) is 18.2 Å². The molecule has 1 heterocycles. The van der Waals surface area contributed by atoms with Crippen LogP contribution >= 0.6 is 0 Å². The molecule has 4 N–H and O–H groups in total. The zero-order valence-corrected chi connectivity index (χ0v) is 10.9. The van der Waals surface area contributed by atoms with Gasteiger partial charge in [0.15, 0.2) is 0 Å². The van der Waals surface area contributed by atoms with Gasteiger partial charge in [0.1, 0.15) is 11.6 Å². The van der Waals surface area contributed by atoms with Gasteiger partial charge >= 0.3 is 0 Å². The summed E-state index contributed by atoms with van der Waals surface area (Å²) in [4.78, 5) is 8.12. The van der Waals surface area contributed by atoms with Crippen LogP contribution in [0.2, 0.25) is 0 Å². The predicted molar refractivity (Wildman–Crippen MR) is 73.3 cm³/mol. The molecule has 5 heteroatoms. The lowest BCUT2D eigenvalue weighted by Crippen LogP contribution is -2.17. The number of nitrogen functional groups attached to an aromatic ring is 2. The maximum absolute atomic E-state index is 5.89. The minimum atomic E-state index is 0.0750. The highest BCUT2D eigenvalue weighted by molar-refractivity contribution is 5.94. The van der Waals surface area contributed by atoms with Crippen molar-refractivity contribution in [1.82, 2.24) is 9.97 Å². The maximum atomic E-state index is 5.89. The number of nitrogens with two attached hydrogens (primary N) is 2. The van der Waals surface area contributed by atoms with E-state index in [9.17, 15) is 0 Å². The molecule has 0 unspecified atom stereocenters. The summed E-state index contributed by atoms with van der Waals surface area (Å²) in [6.45, 7) is 6.91. The van der Waals surface area contributed by atoms with E-state index >= 15 is 0 Å². The molecule has 2 rings (SSSR count). The number of nitrogens with zero attached hydrogens (tertiary/aromatic N) is 2. The van der Waals surface area contributed by atoms with Gasteiger partial charge in [0.2, 0.25) is 5.95 Å². The Hall–Kier alpha value is -2.04. The SMILES string of the molecule is CC(C)(C)COc1cccc2nc(N)nc(N)c12. The Morgan fingerprint density at radius 1 is 1.17 bits per heavy atom. The molecule has 0 spiro atoms. The molecule has 1 aromatic heterocycles. The zero-order valence-electron chi connectivity index (χ0n) is 10.9. The quantitative estimate of drug-likeness (QED) is 0.848. The summed E-state index contributed by atoms with van der Waals surface area (Å²) < 4.78 is 5.80. The molecule has 0 saturated heterocycles. The lowest BCUT2D eigenvalue weighted by Gasteiger charge is -2.19. The van der Waals surface area contributed by atoms with Gasteiger partial charge in [-0.1, -0.05) is 26.8 Å². The normalized spacial score (nSPS) is 11.7. The topological polar surface area (TPSA) is 87.0 Å². The number of hydrogen-bond acceptors (Lipinski definition) is 5. The second-order valence-corrected chi connectivity index (χ2v) is 5.47. The van der Waals surface area contributed by atoms with Crippen LogP contribution in [0.5, 0.6) is 5.75 Å². The number of hydrogen-bond donors (Lipinski definition) is 2. The zero-order chi connectivity index (χ0) is 13.3. The van der Waals surface area contributed by atoms with Gasteiger partial charge in [-0.2, -0.15) is 4.98 Å². The Labute approximate surface area is 106 Å². The van der Waals surface area contributed by atoms with Gasteiger partial charge in [0.05, 0.1) is 17.5 Å². The molecule has 2 aromatic rings. The monoisotopic (exact) mass is 246 g/mol. The van der Waals surface area contributed by atoms with E-state index in [1.807, 2.05) is 18.2 Å². The molecule has 18 heavy (non-hydrogen) atoms. The summed E-state index contributed by atoms with van der Waals surface area (Å²) in [6.07, 6.45) is 0. The van der Waals surface area contributed by atoms with Crippen LogP contribution < -0.4 is 16.2 Å². The second-order valence-electron chi connectivity index (χ2n) is 5.47. The first-order chi connectivity index (χ1) is 8.37. The van der Waals surface area contributed by atoms with Gasteiger partial charge in [-0.25, -0.2) is 4.98 Å². The van der Waals surface area contributed by atoms with E-state index < -0.39 is 0 Å². The van der Waals surface area contributed by atoms with Gasteiger partial charge < -0.3 is 16.2 Å². The number of fused-ring (bicyclic) bond motifs is 1. The van der Waals surface area contributed by atoms with Crippen LogP contribution in [-0.2, 0) is 0 Å². The standard InChI is InChI=1S/C13H18N4O/c1-13(2,3)7-18-9-6-4-5-8-10(9)11(14)17-12(15)16-8/h4-6H,7H2,1-3H3,(H4,14,15,16,17). The van der Waals surface area contributed by atoms with Crippen molar-refractivity contribution in [3.8, 4) is 5.75 Å². The third-order valence-electron chi connectivity index (χ3n) is 2.39. The number of benzene rings is 1. The van der Waals surface area contributed by atoms with Gasteiger partial charge in [-0.15, -0.1) is 0 Å². The highest BCUT2D eigenvalue weighted by Gasteiger charge is 2.14. The van der Waals surface area contributed by atoms with Crippen molar-refractivity contribution in [2.75, 3.05) is 18.1 Å². The third kappa shape index (κ3) is 2.61. The number of anilines is 2. The highest BCUT2D eigenvalue weighted by atomic mass is 16.5. The molecule has 0 fully saturated rings. The van der Waals surface area contributed by atoms with Crippen LogP contribution in [-0.4, -0.2) is 16.6 Å². The van der Waals surface area contributed by atoms with Gasteiger partial charge in [-0.3, -0.25) is 0 Å². The molecule has 0 bridgehead atoms. The van der Waals surface area contributed by atoms with E-state index in [4.69, 9.17) is 16.2 Å². The summed E-state index contributed by atoms with van der Waals surface area (Å²) >= 11 is 0. The first-order valence-electron chi connectivity index (χ1n) is 5.81. The van der Waals surface area contributed by atoms with Crippen molar-refractivity contribution in [2.45, 2.75) is 20.8 Å². The molecule has 5 nitrogen and oxygen atoms in total. The summed E-state index contributed by atoms with van der Waals surface area (Å²) in [6, 6.07) is 5.57. The van der Waals surface area contributed by atoms with Crippen molar-refractivity contribution in [3.63, 3.8) is 0 Å². The van der Waals surface area contributed by atoms with E-state index in [0.717, 1.165) is 5.39 Å². The van der Waals surface area contributed by atoms with Gasteiger partial charge in [0.25, 0.3) is 0 Å². The van der Waals surface area contributed by atoms with Gasteiger partial charge in [0, 0.05) is 0 Å². The second kappa shape index (κ2) is 4.33. The summed E-state index contributed by atoms with van der Waals surface area (Å²) in [5.41, 5.74) is 12.2. The molecule has 0 aliphatic heterocycles. The smallest absolute Gasteiger partial charge is 0.222 e. The number of aromatic nitrogens is 2. The fourth-order valence-corrected chi connectivity index (χ4v) is 1.61. The van der Waals surface area contributed by atoms with Gasteiger partial charge in [-0.05, 0) is 17.5 Å². The fourth-order valence-electron chi connectivity index (χ4n) is 1.61. The Bertz CT molecular complexity index is 575. The average Bonchev–Trinajstić information content (AvgIpc) is 2.24. The third-order valence-corrected chi connectivity index (χ3v) is 2.39. The molecule has 0 radical (unpaired) electrons. The van der Waals surface area contributed by atoms with Crippen LogP contribution in [0.3, 0.4) is 0 Å². The van der Waals surface area contributed by atoms with Crippen LogP contribution in [0, 0.1) is 5.41 Å². The van der Waals surface area contributed by atoms with E-state index in [2.05, 4.69) is 30.7 Å². The maximum Gasteiger partial charge on any atom is 0.222 e. The lowest BCUT2D eigenvalue weighted by atomic mass is 9.99. The van der Waals surface area contributed by atoms with Crippen molar-refractivity contribution in [1.29, 1.82) is 0 Å². The van der Waals surface area contributed by atoms with Crippen molar-refractivity contribution < 1.29 is 4.74 Å². The predicted octanol–water partition coefficient (Wildman–Crippen LogP) is 2.22. The Morgan fingerprint density at radius 2 is 1.89 bits per heavy atom. The largest absolute Gasteiger partial charge is 0.492 e. The molecule has 0 aliphatic carbocycles. The van der Waals surface area contributed by atoms with Crippen LogP contribution in [0.1, 0.15) is 20.8 Å². The summed E-state index contributed by atoms with van der Waals surface area (Å²) in [7, 11) is 0. The van der Waals surface area contributed by atoms with E-state index in [0.29, 0.717) is 23.7 Å². The van der Waals surface area contributed by atoms with E-state index in [1.54, 1.807) is 0 Å². The van der Waals surface area contributed by atoms with Crippen molar-refractivity contribution in [2.24, 2.45) is 5.41 Å². The molecule has 0 amide bonds. The van der Waals surface area contributed by atoms with E-state index in [-0.39, 0.29) is 11.4 Å². The summed E-state index contributed by atoms with van der Waals surface area (Å²) in [5, 5.41) is 0.718. The number of rotatable bonds is 2. The Morgan fingerprint density at radius 3 is 2.56 bits per heavy atom. The first kappa shape index (κ1) is 12.4. The summed E-state index contributed by atoms with van der Waals surface area (Å²) in [5.74, 6) is 1.22. The number of ether oxygens (including phenoxy) is 1. The molecule has 0 saturated carbocycles. The van der Waals surface area contributed by atoms with Crippen LogP contribution in [0.4, 0.5) is 11.8 Å². The fraction of sp³-hybridized carbons (Fsp3) is 0.385. The molecular formula is C13H18N4O. The molecular weight excluding hydrogens is 228 g/mol. The van der Waals surface area contributed by atoms with Crippen molar-refractivity contribution in [3.05, 3.63) is 18.2 Å². The highest BCUT2D eigenvalue weighted by Crippen LogP contribution is 2.30.